The maximum Gasteiger partial charge on any atom is 0.0995 e. The summed E-state index contributed by atoms with van der Waals surface area (Å²) in [6, 6.07) is 12.0. The van der Waals surface area contributed by atoms with Crippen LogP contribution >= 0.6 is 0 Å². The van der Waals surface area contributed by atoms with E-state index in [0.717, 1.165) is 5.56 Å². The number of nitrogens with zero attached hydrogens (tertiary/aromatic N) is 3. The molecule has 0 aliphatic carbocycles. The first-order chi connectivity index (χ1) is 14.6. The second kappa shape index (κ2) is 21.2. The Morgan fingerprint density at radius 2 is 1.31 bits per heavy atom. The predicted octanol–water partition coefficient (Wildman–Crippen LogP) is 5.75. The Bertz CT molecular complexity index is 787. The first kappa shape index (κ1) is 33.6. The average molecular weight is 487 g/mol. The number of hydroxylamine groups is 2. The molecule has 2 rings (SSSR count). The fraction of sp³-hybridized carbons (Fsp3) is 0.273. The van der Waals surface area contributed by atoms with Crippen LogP contribution in [0, 0.1) is 41.0 Å². The van der Waals surface area contributed by atoms with Gasteiger partial charge in [0.2, 0.25) is 0 Å². The molecule has 0 unspecified atom stereocenters. The van der Waals surface area contributed by atoms with Gasteiger partial charge < -0.3 is 21.4 Å². The summed E-state index contributed by atoms with van der Waals surface area (Å²) in [5, 5.41) is 24.5. The summed E-state index contributed by atoms with van der Waals surface area (Å²) < 4.78 is 0. The van der Waals surface area contributed by atoms with Gasteiger partial charge >= 0.3 is 0 Å². The normalized spacial score (nSPS) is 10.4. The number of nitroso groups, excluding NO2 is 2. The van der Waals surface area contributed by atoms with Crippen LogP contribution in [0.3, 0.4) is 0 Å². The van der Waals surface area contributed by atoms with Crippen molar-refractivity contribution in [1.82, 2.24) is 15.9 Å². The first-order valence-electron chi connectivity index (χ1n) is 9.16. The van der Waals surface area contributed by atoms with E-state index in [1.165, 1.54) is 38.8 Å². The van der Waals surface area contributed by atoms with Gasteiger partial charge in [0, 0.05) is 40.6 Å². The third-order valence-corrected chi connectivity index (χ3v) is 3.74. The molecule has 0 spiro atoms. The molecule has 1 heterocycles. The van der Waals surface area contributed by atoms with Gasteiger partial charge in [-0.15, -0.1) is 21.4 Å². The monoisotopic (exact) mass is 487 g/mol. The van der Waals surface area contributed by atoms with Gasteiger partial charge in [0.25, 0.3) is 0 Å². The molecule has 0 bridgehead atoms. The molecular formula is C22H30CoN5O4-3. The zero-order valence-electron chi connectivity index (χ0n) is 19.1. The molecule has 9 nitrogen and oxygen atoms in total. The van der Waals surface area contributed by atoms with Crippen LogP contribution in [0.1, 0.15) is 44.4 Å². The van der Waals surface area contributed by atoms with Gasteiger partial charge in [-0.1, -0.05) is 26.0 Å². The first-order valence-corrected chi connectivity index (χ1v) is 9.16. The van der Waals surface area contributed by atoms with Crippen LogP contribution in [0.25, 0.3) is 0 Å². The van der Waals surface area contributed by atoms with Gasteiger partial charge in [-0.3, -0.25) is 4.98 Å². The molecule has 1 aromatic carbocycles. The molecule has 10 heteroatoms. The fourth-order valence-corrected chi connectivity index (χ4v) is 1.40. The van der Waals surface area contributed by atoms with Crippen LogP contribution in [0.5, 0.6) is 0 Å². The number of hydrogen-bond donors (Lipinski definition) is 2. The van der Waals surface area contributed by atoms with Crippen LogP contribution in [0.4, 0.5) is 0 Å². The molecule has 2 N–H and O–H groups in total. The number of benzene rings is 1. The third-order valence-electron chi connectivity index (χ3n) is 3.74. The van der Waals surface area contributed by atoms with Crippen LogP contribution in [0.2, 0.25) is 0 Å². The Morgan fingerprint density at radius 3 is 1.50 bits per heavy atom. The summed E-state index contributed by atoms with van der Waals surface area (Å²) in [5.41, 5.74) is 7.70. The Morgan fingerprint density at radius 1 is 0.875 bits per heavy atom. The minimum atomic E-state index is 0. The van der Waals surface area contributed by atoms with Gasteiger partial charge in [-0.2, -0.15) is 24.1 Å². The summed E-state index contributed by atoms with van der Waals surface area (Å²) in [6.07, 6.45) is 3.50. The van der Waals surface area contributed by atoms with E-state index in [0.29, 0.717) is 0 Å². The number of nitrogens with one attached hydrogen (secondary N) is 2. The molecule has 0 amide bonds. The third kappa shape index (κ3) is 17.8. The van der Waals surface area contributed by atoms with E-state index in [9.17, 15) is 20.2 Å². The summed E-state index contributed by atoms with van der Waals surface area (Å²) in [6.45, 7) is 13.9. The maximum atomic E-state index is 9.72. The van der Waals surface area contributed by atoms with E-state index >= 15 is 0 Å². The van der Waals surface area contributed by atoms with Crippen LogP contribution in [0.15, 0.2) is 81.9 Å². The van der Waals surface area contributed by atoms with E-state index in [4.69, 9.17) is 0 Å². The maximum absolute atomic E-state index is 9.72. The molecule has 0 atom stereocenters. The van der Waals surface area contributed by atoms with Crippen molar-refractivity contribution < 1.29 is 16.8 Å². The number of rotatable bonds is 4. The summed E-state index contributed by atoms with van der Waals surface area (Å²) >= 11 is 0. The molecule has 0 aliphatic rings. The van der Waals surface area contributed by atoms with Crippen molar-refractivity contribution in [3.63, 3.8) is 0 Å². The molecule has 0 saturated carbocycles. The SMILES string of the molecule is C/C(N=O)=C(/C)N[O-].C/C(N=O)=C(\C)N[O-].[CH2-]c1cc(C)ccc1C.[Co].c1ccncc1. The Balaban J connectivity index is -0.000000350. The van der Waals surface area contributed by atoms with Crippen LogP contribution in [-0.2, 0) is 16.8 Å². The number of aromatic nitrogens is 1. The summed E-state index contributed by atoms with van der Waals surface area (Å²) in [5.74, 6) is 0. The number of aryl methyl sites for hydroxylation is 2. The molecule has 0 saturated heterocycles. The average Bonchev–Trinajstić information content (AvgIpc) is 2.81. The van der Waals surface area contributed by atoms with Crippen molar-refractivity contribution in [3.8, 4) is 0 Å². The fourth-order valence-electron chi connectivity index (χ4n) is 1.40. The molecule has 0 aliphatic heterocycles. The topological polar surface area (TPSA) is 142 Å². The Labute approximate surface area is 200 Å². The van der Waals surface area contributed by atoms with Crippen LogP contribution in [-0.4, -0.2) is 4.98 Å². The minimum absolute atomic E-state index is 0. The number of allylic oxidation sites excluding steroid dienone is 4. The van der Waals surface area contributed by atoms with Crippen molar-refractivity contribution in [2.75, 3.05) is 0 Å². The molecule has 0 fully saturated rings. The van der Waals surface area contributed by atoms with Crippen molar-refractivity contribution in [3.05, 3.63) is 115 Å². The second-order valence-electron chi connectivity index (χ2n) is 6.26. The van der Waals surface area contributed by atoms with E-state index in [1.54, 1.807) is 23.4 Å². The van der Waals surface area contributed by atoms with Crippen LogP contribution < -0.4 is 11.0 Å². The van der Waals surface area contributed by atoms with Crippen molar-refractivity contribution in [2.45, 2.75) is 41.5 Å². The van der Waals surface area contributed by atoms with E-state index < -0.39 is 0 Å². The van der Waals surface area contributed by atoms with Gasteiger partial charge in [-0.25, -0.2) is 0 Å². The predicted molar refractivity (Wildman–Crippen MR) is 126 cm³/mol. The van der Waals surface area contributed by atoms with Crippen molar-refractivity contribution in [1.29, 1.82) is 0 Å². The van der Waals surface area contributed by atoms with E-state index in [1.807, 2.05) is 18.2 Å². The van der Waals surface area contributed by atoms with Gasteiger partial charge in [0.1, 0.15) is 0 Å². The summed E-state index contributed by atoms with van der Waals surface area (Å²) in [7, 11) is 0. The zero-order valence-corrected chi connectivity index (χ0v) is 20.2. The molecule has 32 heavy (non-hydrogen) atoms. The van der Waals surface area contributed by atoms with E-state index in [2.05, 4.69) is 54.3 Å². The second-order valence-corrected chi connectivity index (χ2v) is 6.26. The van der Waals surface area contributed by atoms with Gasteiger partial charge in [0.05, 0.1) is 11.4 Å². The number of hydrogen-bond acceptors (Lipinski definition) is 9. The Hall–Kier alpha value is -3.05. The smallest absolute Gasteiger partial charge is 0.0995 e. The minimum Gasteiger partial charge on any atom is -0.761 e. The zero-order chi connectivity index (χ0) is 24.2. The molecule has 1 aromatic heterocycles. The molecular weight excluding hydrogens is 457 g/mol. The van der Waals surface area contributed by atoms with Gasteiger partial charge in [0.15, 0.2) is 0 Å². The summed E-state index contributed by atoms with van der Waals surface area (Å²) in [4.78, 5) is 23.0. The molecule has 179 valence electrons. The van der Waals surface area contributed by atoms with E-state index in [-0.39, 0.29) is 39.6 Å². The molecule has 1 radical (unpaired) electrons. The van der Waals surface area contributed by atoms with Crippen molar-refractivity contribution in [2.24, 2.45) is 10.4 Å². The number of pyridine rings is 1. The standard InChI is InChI=1S/C9H11.C5H5N.2C4H7N2O2.Co/c1-7-4-5-8(2)9(3)6-7;1-2-4-6-5-3-1;2*1-3(5-7)4(2)6-8;/h4-6H,3H2,1-2H3;1-5H;2*5H,1-2H3;/q-1;;2*-1;/b;;4-3+;4-3-;. The largest absolute Gasteiger partial charge is 0.761 e. The quantitative estimate of drug-likeness (QED) is 0.318. The Kier molecular flexibility index (Phi) is 22.2. The van der Waals surface area contributed by atoms with Gasteiger partial charge in [-0.05, 0) is 50.2 Å². The van der Waals surface area contributed by atoms with Crippen molar-refractivity contribution >= 4 is 0 Å². The molecule has 2 aromatic rings.